The summed E-state index contributed by atoms with van der Waals surface area (Å²) in [7, 11) is 0. The number of ether oxygens (including phenoxy) is 2. The van der Waals surface area contributed by atoms with Gasteiger partial charge in [0.15, 0.2) is 5.75 Å². The van der Waals surface area contributed by atoms with Gasteiger partial charge in [0.1, 0.15) is 0 Å². The van der Waals surface area contributed by atoms with Crippen LogP contribution in [0, 0.1) is 0 Å². The van der Waals surface area contributed by atoms with Crippen molar-refractivity contribution in [2.24, 2.45) is 0 Å². The molecule has 1 aromatic carbocycles. The molecular weight excluding hydrogens is 403 g/mol. The molecule has 6 nitrogen and oxygen atoms in total. The average Bonchev–Trinajstić information content (AvgIpc) is 2.62. The molecule has 2 rings (SSSR count). The van der Waals surface area contributed by atoms with Crippen molar-refractivity contribution in [2.75, 3.05) is 6.61 Å². The number of hydrogen-bond donors (Lipinski definition) is 2. The smallest absolute Gasteiger partial charge is 0.338 e. The van der Waals surface area contributed by atoms with Gasteiger partial charge in [-0.15, -0.1) is 0 Å². The first kappa shape index (κ1) is 22.4. The number of amides is 2. The predicted molar refractivity (Wildman–Crippen MR) is 110 cm³/mol. The van der Waals surface area contributed by atoms with E-state index in [-0.39, 0.29) is 18.7 Å². The maximum atomic E-state index is 12.7. The number of hydrogen-bond acceptors (Lipinski definition) is 4. The van der Waals surface area contributed by atoms with Crippen LogP contribution in [0.1, 0.15) is 58.6 Å². The summed E-state index contributed by atoms with van der Waals surface area (Å²) in [6.07, 6.45) is 2.21. The van der Waals surface area contributed by atoms with E-state index in [2.05, 4.69) is 10.6 Å². The summed E-state index contributed by atoms with van der Waals surface area (Å²) >= 11 is 12.7. The number of allylic oxidation sites excluding steroid dienone is 1. The molecule has 0 spiro atoms. The molecule has 0 saturated heterocycles. The highest BCUT2D eigenvalue weighted by Gasteiger charge is 2.34. The van der Waals surface area contributed by atoms with Crippen LogP contribution in [-0.2, 0) is 9.53 Å². The molecule has 0 fully saturated rings. The molecule has 0 aliphatic carbocycles. The van der Waals surface area contributed by atoms with Gasteiger partial charge in [0.05, 0.1) is 34.4 Å². The maximum absolute atomic E-state index is 12.7. The Bertz CT molecular complexity index is 754. The summed E-state index contributed by atoms with van der Waals surface area (Å²) in [5.74, 6) is -0.115. The Morgan fingerprint density at radius 1 is 1.21 bits per heavy atom. The van der Waals surface area contributed by atoms with Gasteiger partial charge in [-0.3, -0.25) is 0 Å². The lowest BCUT2D eigenvalue weighted by Gasteiger charge is -2.30. The Morgan fingerprint density at radius 3 is 2.39 bits per heavy atom. The average molecular weight is 429 g/mol. The lowest BCUT2D eigenvalue weighted by Crippen LogP contribution is -2.46. The number of carbonyl (C=O) groups excluding carboxylic acids is 2. The molecule has 2 N–H and O–H groups in total. The van der Waals surface area contributed by atoms with Crippen molar-refractivity contribution in [3.8, 4) is 5.75 Å². The van der Waals surface area contributed by atoms with Gasteiger partial charge in [-0.1, -0.05) is 36.5 Å². The minimum atomic E-state index is -0.720. The Morgan fingerprint density at radius 2 is 1.86 bits per heavy atom. The Balaban J connectivity index is 2.53. The first-order chi connectivity index (χ1) is 13.3. The zero-order valence-electron chi connectivity index (χ0n) is 16.5. The SMILES string of the molecule is CCCCC1=C(C(=O)OCC)C(c2cc(Cl)c(OC(C)C)c(Cl)c2)NC(=O)N1. The molecule has 1 atom stereocenters. The number of benzene rings is 1. The number of nitrogens with one attached hydrogen (secondary N) is 2. The molecule has 1 aromatic rings. The second-order valence-corrected chi connectivity index (χ2v) is 7.54. The van der Waals surface area contributed by atoms with E-state index in [0.717, 1.165) is 12.8 Å². The molecule has 1 unspecified atom stereocenters. The summed E-state index contributed by atoms with van der Waals surface area (Å²) < 4.78 is 10.9. The fraction of sp³-hybridized carbons (Fsp3) is 0.500. The van der Waals surface area contributed by atoms with Crippen molar-refractivity contribution in [2.45, 2.75) is 59.1 Å². The molecule has 1 heterocycles. The monoisotopic (exact) mass is 428 g/mol. The number of unbranched alkanes of at least 4 members (excludes halogenated alkanes) is 1. The molecule has 1 aliphatic heterocycles. The van der Waals surface area contributed by atoms with Crippen molar-refractivity contribution in [3.05, 3.63) is 39.0 Å². The normalized spacial score (nSPS) is 16.7. The van der Waals surface area contributed by atoms with Crippen LogP contribution in [0.4, 0.5) is 4.79 Å². The number of rotatable bonds is 8. The summed E-state index contributed by atoms with van der Waals surface area (Å²) in [5.41, 5.74) is 1.50. The number of halogens is 2. The second-order valence-electron chi connectivity index (χ2n) is 6.73. The van der Waals surface area contributed by atoms with Gasteiger partial charge >= 0.3 is 12.0 Å². The van der Waals surface area contributed by atoms with Gasteiger partial charge < -0.3 is 20.1 Å². The minimum absolute atomic E-state index is 0.102. The van der Waals surface area contributed by atoms with E-state index in [9.17, 15) is 9.59 Å². The lowest BCUT2D eigenvalue weighted by molar-refractivity contribution is -0.139. The van der Waals surface area contributed by atoms with E-state index in [1.54, 1.807) is 19.1 Å². The highest BCUT2D eigenvalue weighted by atomic mass is 35.5. The molecule has 0 bridgehead atoms. The fourth-order valence-electron chi connectivity index (χ4n) is 2.96. The largest absolute Gasteiger partial charge is 0.488 e. The van der Waals surface area contributed by atoms with E-state index >= 15 is 0 Å². The predicted octanol–water partition coefficient (Wildman–Crippen LogP) is 5.14. The van der Waals surface area contributed by atoms with Gasteiger partial charge in [-0.25, -0.2) is 9.59 Å². The highest BCUT2D eigenvalue weighted by Crippen LogP contribution is 2.39. The van der Waals surface area contributed by atoms with Crippen LogP contribution in [0.2, 0.25) is 10.0 Å². The van der Waals surface area contributed by atoms with Crippen LogP contribution < -0.4 is 15.4 Å². The van der Waals surface area contributed by atoms with Crippen molar-refractivity contribution >= 4 is 35.2 Å². The molecule has 0 aromatic heterocycles. The second kappa shape index (κ2) is 10.0. The van der Waals surface area contributed by atoms with E-state index in [1.807, 2.05) is 20.8 Å². The highest BCUT2D eigenvalue weighted by molar-refractivity contribution is 6.37. The quantitative estimate of drug-likeness (QED) is 0.561. The summed E-state index contributed by atoms with van der Waals surface area (Å²) in [4.78, 5) is 24.9. The molecule has 8 heteroatoms. The Kier molecular flexibility index (Phi) is 8.01. The van der Waals surface area contributed by atoms with Crippen molar-refractivity contribution in [3.63, 3.8) is 0 Å². The van der Waals surface area contributed by atoms with E-state index in [1.165, 1.54) is 0 Å². The van der Waals surface area contributed by atoms with Gasteiger partial charge in [0.2, 0.25) is 0 Å². The zero-order valence-corrected chi connectivity index (χ0v) is 18.0. The van der Waals surface area contributed by atoms with Crippen LogP contribution in [0.15, 0.2) is 23.4 Å². The molecular formula is C20H26Cl2N2O4. The third-order valence-corrected chi connectivity index (χ3v) is 4.70. The van der Waals surface area contributed by atoms with Crippen LogP contribution >= 0.6 is 23.2 Å². The van der Waals surface area contributed by atoms with Crippen molar-refractivity contribution in [1.29, 1.82) is 0 Å². The zero-order chi connectivity index (χ0) is 20.8. The Hall–Kier alpha value is -1.92. The van der Waals surface area contributed by atoms with Crippen LogP contribution in [-0.4, -0.2) is 24.7 Å². The fourth-order valence-corrected chi connectivity index (χ4v) is 3.56. The molecule has 2 amide bonds. The van der Waals surface area contributed by atoms with Crippen molar-refractivity contribution < 1.29 is 19.1 Å². The third kappa shape index (κ3) is 5.32. The van der Waals surface area contributed by atoms with Gasteiger partial charge in [-0.2, -0.15) is 0 Å². The van der Waals surface area contributed by atoms with Gasteiger partial charge in [0, 0.05) is 5.70 Å². The Labute approximate surface area is 175 Å². The number of carbonyl (C=O) groups is 2. The van der Waals surface area contributed by atoms with Crippen LogP contribution in [0.3, 0.4) is 0 Å². The first-order valence-corrected chi connectivity index (χ1v) is 10.2. The van der Waals surface area contributed by atoms with Crippen LogP contribution in [0.5, 0.6) is 5.75 Å². The first-order valence-electron chi connectivity index (χ1n) is 9.41. The molecule has 28 heavy (non-hydrogen) atoms. The van der Waals surface area contributed by atoms with Crippen molar-refractivity contribution in [1.82, 2.24) is 10.6 Å². The standard InChI is InChI=1S/C20H26Cl2N2O4/c1-5-7-8-15-16(19(25)27-6-2)17(24-20(26)23-15)12-9-13(21)18(14(22)10-12)28-11(3)4/h9-11,17H,5-8H2,1-4H3,(H2,23,24,26). The number of esters is 1. The molecule has 1 aliphatic rings. The molecule has 0 saturated carbocycles. The van der Waals surface area contributed by atoms with E-state index in [4.69, 9.17) is 32.7 Å². The maximum Gasteiger partial charge on any atom is 0.338 e. The molecule has 154 valence electrons. The topological polar surface area (TPSA) is 76.7 Å². The van der Waals surface area contributed by atoms with Crippen LogP contribution in [0.25, 0.3) is 0 Å². The molecule has 0 radical (unpaired) electrons. The van der Waals surface area contributed by atoms with E-state index in [0.29, 0.717) is 39.0 Å². The minimum Gasteiger partial charge on any atom is -0.488 e. The van der Waals surface area contributed by atoms with Gasteiger partial charge in [0.25, 0.3) is 0 Å². The third-order valence-electron chi connectivity index (χ3n) is 4.14. The summed E-state index contributed by atoms with van der Waals surface area (Å²) in [6.45, 7) is 7.74. The lowest BCUT2D eigenvalue weighted by atomic mass is 9.93. The van der Waals surface area contributed by atoms with Gasteiger partial charge in [-0.05, 0) is 51.3 Å². The summed E-state index contributed by atoms with van der Waals surface area (Å²) in [5, 5.41) is 6.14. The summed E-state index contributed by atoms with van der Waals surface area (Å²) in [6, 6.07) is 2.19. The number of urea groups is 1. The van der Waals surface area contributed by atoms with E-state index < -0.39 is 12.0 Å².